The highest BCUT2D eigenvalue weighted by Crippen LogP contribution is 2.45. The number of hydrogen-bond acceptors (Lipinski definition) is 4. The molecule has 0 fully saturated rings. The summed E-state index contributed by atoms with van der Waals surface area (Å²) in [6, 6.07) is 11.4. The summed E-state index contributed by atoms with van der Waals surface area (Å²) < 4.78 is 6.02. The number of carboxylic acids is 1. The van der Waals surface area contributed by atoms with Crippen LogP contribution in [0.15, 0.2) is 42.5 Å². The van der Waals surface area contributed by atoms with Crippen LogP contribution in [0.4, 0.5) is 5.69 Å². The second kappa shape index (κ2) is 6.37. The molecule has 0 saturated carbocycles. The number of ether oxygens (including phenoxy) is 1. The van der Waals surface area contributed by atoms with Gasteiger partial charge in [-0.1, -0.05) is 29.8 Å². The molecule has 1 unspecified atom stereocenters. The molecule has 1 aromatic heterocycles. The van der Waals surface area contributed by atoms with Gasteiger partial charge >= 0.3 is 5.97 Å². The summed E-state index contributed by atoms with van der Waals surface area (Å²) in [6.45, 7) is 0.279. The quantitative estimate of drug-likeness (QED) is 0.520. The molecule has 8 heteroatoms. The van der Waals surface area contributed by atoms with Crippen LogP contribution in [-0.2, 0) is 21.6 Å². The lowest BCUT2D eigenvalue weighted by molar-refractivity contribution is -0.385. The van der Waals surface area contributed by atoms with Crippen molar-refractivity contribution in [3.63, 3.8) is 0 Å². The molecular formula is C19H15ClN2O5. The van der Waals surface area contributed by atoms with E-state index in [2.05, 4.69) is 4.98 Å². The lowest BCUT2D eigenvalue weighted by Gasteiger charge is -2.36. The lowest BCUT2D eigenvalue weighted by atomic mass is 9.82. The molecule has 0 spiro atoms. The maximum atomic E-state index is 11.7. The number of nitrogens with one attached hydrogen (secondary N) is 1. The highest BCUT2D eigenvalue weighted by Gasteiger charge is 2.44. The molecule has 27 heavy (non-hydrogen) atoms. The van der Waals surface area contributed by atoms with Gasteiger partial charge in [-0.2, -0.15) is 0 Å². The van der Waals surface area contributed by atoms with Gasteiger partial charge in [-0.25, -0.2) is 0 Å². The van der Waals surface area contributed by atoms with E-state index in [9.17, 15) is 20.0 Å². The number of aliphatic carboxylic acids is 1. The van der Waals surface area contributed by atoms with Gasteiger partial charge in [-0.3, -0.25) is 14.9 Å². The number of H-pyrrole nitrogens is 1. The minimum Gasteiger partial charge on any atom is -0.481 e. The second-order valence-corrected chi connectivity index (χ2v) is 6.85. The van der Waals surface area contributed by atoms with E-state index in [4.69, 9.17) is 16.3 Å². The van der Waals surface area contributed by atoms with E-state index < -0.39 is 16.5 Å². The Labute approximate surface area is 158 Å². The molecule has 1 aliphatic rings. The Balaban J connectivity index is 2.01. The fourth-order valence-electron chi connectivity index (χ4n) is 3.82. The smallest absolute Gasteiger partial charge is 0.307 e. The number of nitro benzene ring substituents is 1. The number of aromatic nitrogens is 1. The molecule has 0 saturated heterocycles. The first-order valence-corrected chi connectivity index (χ1v) is 8.70. The van der Waals surface area contributed by atoms with Crippen LogP contribution >= 0.6 is 11.6 Å². The average molecular weight is 387 g/mol. The van der Waals surface area contributed by atoms with Gasteiger partial charge in [0, 0.05) is 23.0 Å². The van der Waals surface area contributed by atoms with Gasteiger partial charge in [0.15, 0.2) is 0 Å². The number of fused-ring (bicyclic) bond motifs is 3. The molecule has 2 N–H and O–H groups in total. The molecule has 0 bridgehead atoms. The molecule has 138 valence electrons. The summed E-state index contributed by atoms with van der Waals surface area (Å²) in [7, 11) is 0. The molecule has 3 aromatic rings. The largest absolute Gasteiger partial charge is 0.481 e. The minimum absolute atomic E-state index is 0.123. The number of halogens is 1. The molecule has 1 atom stereocenters. The van der Waals surface area contributed by atoms with Crippen LogP contribution in [0.2, 0.25) is 5.02 Å². The summed E-state index contributed by atoms with van der Waals surface area (Å²) in [4.78, 5) is 25.7. The van der Waals surface area contributed by atoms with Gasteiger partial charge in [0.25, 0.3) is 5.69 Å². The van der Waals surface area contributed by atoms with E-state index >= 15 is 0 Å². The minimum atomic E-state index is -1.35. The number of aromatic amines is 1. The SMILES string of the molecule is O=C(O)CC1(c2cccc([N+](=O)[O-])c2)OCCc2c1[nH]c1cccc(Cl)c21. The highest BCUT2D eigenvalue weighted by atomic mass is 35.5. The summed E-state index contributed by atoms with van der Waals surface area (Å²) in [6.07, 6.45) is 0.195. The first kappa shape index (κ1) is 17.5. The number of rotatable bonds is 4. The van der Waals surface area contributed by atoms with Crippen LogP contribution in [0, 0.1) is 10.1 Å². The van der Waals surface area contributed by atoms with Gasteiger partial charge in [0.05, 0.1) is 28.7 Å². The Bertz CT molecular complexity index is 1080. The van der Waals surface area contributed by atoms with Crippen molar-refractivity contribution in [2.24, 2.45) is 0 Å². The van der Waals surface area contributed by atoms with E-state index in [-0.39, 0.29) is 18.7 Å². The lowest BCUT2D eigenvalue weighted by Crippen LogP contribution is -2.39. The van der Waals surface area contributed by atoms with Crippen molar-refractivity contribution in [2.75, 3.05) is 6.61 Å². The average Bonchev–Trinajstić information content (AvgIpc) is 3.02. The van der Waals surface area contributed by atoms with Crippen molar-refractivity contribution >= 4 is 34.2 Å². The van der Waals surface area contributed by atoms with Crippen molar-refractivity contribution in [1.29, 1.82) is 0 Å². The number of nitro groups is 1. The van der Waals surface area contributed by atoms with Crippen LogP contribution < -0.4 is 0 Å². The molecule has 2 aromatic carbocycles. The topological polar surface area (TPSA) is 105 Å². The third kappa shape index (κ3) is 2.75. The highest BCUT2D eigenvalue weighted by molar-refractivity contribution is 6.35. The zero-order chi connectivity index (χ0) is 19.2. The molecule has 0 aliphatic carbocycles. The normalized spacial score (nSPS) is 19.0. The van der Waals surface area contributed by atoms with Gasteiger partial charge in [0.1, 0.15) is 5.60 Å². The van der Waals surface area contributed by atoms with Crippen molar-refractivity contribution in [3.8, 4) is 0 Å². The van der Waals surface area contributed by atoms with Crippen molar-refractivity contribution in [1.82, 2.24) is 4.98 Å². The summed E-state index contributed by atoms with van der Waals surface area (Å²) in [5.41, 5.74) is 1.19. The van der Waals surface area contributed by atoms with Gasteiger partial charge in [-0.15, -0.1) is 0 Å². The second-order valence-electron chi connectivity index (χ2n) is 6.44. The Hall–Kier alpha value is -2.90. The van der Waals surface area contributed by atoms with E-state index in [1.165, 1.54) is 18.2 Å². The maximum Gasteiger partial charge on any atom is 0.307 e. The van der Waals surface area contributed by atoms with E-state index in [0.717, 1.165) is 16.5 Å². The van der Waals surface area contributed by atoms with Crippen LogP contribution in [-0.4, -0.2) is 27.6 Å². The number of carbonyl (C=O) groups is 1. The molecule has 4 rings (SSSR count). The molecule has 2 heterocycles. The predicted octanol–water partition coefficient (Wildman–Crippen LogP) is 4.02. The number of non-ortho nitro benzene ring substituents is 1. The van der Waals surface area contributed by atoms with Crippen molar-refractivity contribution in [3.05, 3.63) is 74.4 Å². The first-order valence-electron chi connectivity index (χ1n) is 8.32. The summed E-state index contributed by atoms with van der Waals surface area (Å²) >= 11 is 6.38. The van der Waals surface area contributed by atoms with Gasteiger partial charge < -0.3 is 14.8 Å². The third-order valence-electron chi connectivity index (χ3n) is 4.90. The molecule has 0 radical (unpaired) electrons. The van der Waals surface area contributed by atoms with Crippen molar-refractivity contribution < 1.29 is 19.6 Å². The number of nitrogens with zero attached hydrogens (tertiary/aromatic N) is 1. The Morgan fingerprint density at radius 3 is 2.85 bits per heavy atom. The van der Waals surface area contributed by atoms with Gasteiger partial charge in [0.2, 0.25) is 0 Å². The maximum absolute atomic E-state index is 11.7. The Morgan fingerprint density at radius 1 is 1.33 bits per heavy atom. The molecule has 7 nitrogen and oxygen atoms in total. The number of hydrogen-bond donors (Lipinski definition) is 2. The zero-order valence-corrected chi connectivity index (χ0v) is 14.8. The van der Waals surface area contributed by atoms with E-state index in [0.29, 0.717) is 22.7 Å². The third-order valence-corrected chi connectivity index (χ3v) is 5.22. The van der Waals surface area contributed by atoms with Crippen LogP contribution in [0.25, 0.3) is 10.9 Å². The first-order chi connectivity index (χ1) is 12.9. The van der Waals surface area contributed by atoms with Crippen LogP contribution in [0.5, 0.6) is 0 Å². The van der Waals surface area contributed by atoms with Gasteiger partial charge in [-0.05, 0) is 29.7 Å². The van der Waals surface area contributed by atoms with Crippen LogP contribution in [0.1, 0.15) is 23.2 Å². The summed E-state index contributed by atoms with van der Waals surface area (Å²) in [5.74, 6) is -1.07. The molecule has 0 amide bonds. The zero-order valence-electron chi connectivity index (χ0n) is 14.1. The monoisotopic (exact) mass is 386 g/mol. The Morgan fingerprint density at radius 2 is 2.11 bits per heavy atom. The predicted molar refractivity (Wildman–Crippen MR) is 99.1 cm³/mol. The Kier molecular flexibility index (Phi) is 4.13. The molecular weight excluding hydrogens is 372 g/mol. The van der Waals surface area contributed by atoms with E-state index in [1.807, 2.05) is 6.07 Å². The fraction of sp³-hybridized carbons (Fsp3) is 0.211. The standard InChI is InChI=1S/C19H15ClN2O5/c20-14-5-2-6-15-17(14)13-7-8-27-19(10-16(23)24,18(13)21-15)11-3-1-4-12(9-11)22(25)26/h1-6,9,21H,7-8,10H2,(H,23,24). The van der Waals surface area contributed by atoms with Crippen molar-refractivity contribution in [2.45, 2.75) is 18.4 Å². The summed E-state index contributed by atoms with van der Waals surface area (Å²) in [5, 5.41) is 22.2. The van der Waals surface area contributed by atoms with E-state index in [1.54, 1.807) is 18.2 Å². The van der Waals surface area contributed by atoms with Crippen LogP contribution in [0.3, 0.4) is 0 Å². The molecule has 1 aliphatic heterocycles. The number of benzene rings is 2. The fourth-order valence-corrected chi connectivity index (χ4v) is 4.11. The number of carboxylic acid groups (broad SMARTS) is 1.